The van der Waals surface area contributed by atoms with Gasteiger partial charge < -0.3 is 5.32 Å². The highest BCUT2D eigenvalue weighted by molar-refractivity contribution is 6.42. The van der Waals surface area contributed by atoms with Crippen LogP contribution in [0.25, 0.3) is 0 Å². The molecular formula is C14H14Cl2N2. The lowest BCUT2D eigenvalue weighted by atomic mass is 10.1. The van der Waals surface area contributed by atoms with Gasteiger partial charge in [0.15, 0.2) is 0 Å². The molecular weight excluding hydrogens is 267 g/mol. The maximum atomic E-state index is 6.00. The SMILES string of the molecule is CC(NCc1ccccn1)c1ccc(Cl)c(Cl)c1. The van der Waals surface area contributed by atoms with E-state index in [1.807, 2.05) is 36.4 Å². The van der Waals surface area contributed by atoms with Gasteiger partial charge in [-0.15, -0.1) is 0 Å². The van der Waals surface area contributed by atoms with Gasteiger partial charge in [0.2, 0.25) is 0 Å². The van der Waals surface area contributed by atoms with Gasteiger partial charge in [-0.1, -0.05) is 35.3 Å². The van der Waals surface area contributed by atoms with E-state index in [4.69, 9.17) is 23.2 Å². The van der Waals surface area contributed by atoms with Crippen LogP contribution in [-0.4, -0.2) is 4.98 Å². The number of pyridine rings is 1. The van der Waals surface area contributed by atoms with E-state index in [2.05, 4.69) is 17.2 Å². The van der Waals surface area contributed by atoms with Crippen molar-refractivity contribution in [1.29, 1.82) is 0 Å². The largest absolute Gasteiger partial charge is 0.305 e. The van der Waals surface area contributed by atoms with E-state index in [-0.39, 0.29) is 6.04 Å². The number of hydrogen-bond donors (Lipinski definition) is 1. The van der Waals surface area contributed by atoms with Crippen LogP contribution in [0.4, 0.5) is 0 Å². The molecule has 2 aromatic rings. The molecule has 94 valence electrons. The van der Waals surface area contributed by atoms with Gasteiger partial charge in [0.1, 0.15) is 0 Å². The van der Waals surface area contributed by atoms with Crippen molar-refractivity contribution in [3.05, 3.63) is 63.9 Å². The van der Waals surface area contributed by atoms with E-state index in [0.29, 0.717) is 10.0 Å². The normalized spacial score (nSPS) is 12.4. The van der Waals surface area contributed by atoms with Crippen molar-refractivity contribution in [2.45, 2.75) is 19.5 Å². The van der Waals surface area contributed by atoms with Crippen LogP contribution in [0.15, 0.2) is 42.6 Å². The van der Waals surface area contributed by atoms with Crippen LogP contribution in [0, 0.1) is 0 Å². The zero-order valence-electron chi connectivity index (χ0n) is 10.0. The Balaban J connectivity index is 1.99. The molecule has 1 N–H and O–H groups in total. The summed E-state index contributed by atoms with van der Waals surface area (Å²) in [6.45, 7) is 2.81. The fraction of sp³-hybridized carbons (Fsp3) is 0.214. The van der Waals surface area contributed by atoms with Crippen LogP contribution in [0.3, 0.4) is 0 Å². The Kier molecular flexibility index (Phi) is 4.59. The second kappa shape index (κ2) is 6.19. The van der Waals surface area contributed by atoms with Gasteiger partial charge in [-0.3, -0.25) is 4.98 Å². The van der Waals surface area contributed by atoms with E-state index in [1.165, 1.54) is 0 Å². The molecule has 0 bridgehead atoms. The van der Waals surface area contributed by atoms with Crippen LogP contribution in [0.2, 0.25) is 10.0 Å². The van der Waals surface area contributed by atoms with Gasteiger partial charge >= 0.3 is 0 Å². The van der Waals surface area contributed by atoms with Crippen LogP contribution < -0.4 is 5.32 Å². The molecule has 4 heteroatoms. The topological polar surface area (TPSA) is 24.9 Å². The summed E-state index contributed by atoms with van der Waals surface area (Å²) in [4.78, 5) is 4.27. The molecule has 0 radical (unpaired) electrons. The third kappa shape index (κ3) is 3.45. The highest BCUT2D eigenvalue weighted by atomic mass is 35.5. The number of rotatable bonds is 4. The second-order valence-electron chi connectivity index (χ2n) is 4.10. The molecule has 18 heavy (non-hydrogen) atoms. The number of hydrogen-bond acceptors (Lipinski definition) is 2. The number of halogens is 2. The number of aromatic nitrogens is 1. The lowest BCUT2D eigenvalue weighted by molar-refractivity contribution is 0.568. The van der Waals surface area contributed by atoms with Crippen LogP contribution in [0.5, 0.6) is 0 Å². The first-order valence-corrected chi connectivity index (χ1v) is 6.50. The molecule has 2 rings (SSSR count). The van der Waals surface area contributed by atoms with Gasteiger partial charge in [0.05, 0.1) is 15.7 Å². The Morgan fingerprint density at radius 3 is 2.67 bits per heavy atom. The second-order valence-corrected chi connectivity index (χ2v) is 4.91. The molecule has 1 atom stereocenters. The molecule has 1 unspecified atom stereocenters. The Hall–Kier alpha value is -1.09. The summed E-state index contributed by atoms with van der Waals surface area (Å²) >= 11 is 11.9. The molecule has 0 aliphatic rings. The minimum atomic E-state index is 0.196. The predicted octanol–water partition coefficient (Wildman–Crippen LogP) is 4.24. The fourth-order valence-corrected chi connectivity index (χ4v) is 1.97. The monoisotopic (exact) mass is 280 g/mol. The standard InChI is InChI=1S/C14H14Cl2N2/c1-10(11-5-6-13(15)14(16)8-11)18-9-12-4-2-3-7-17-12/h2-8,10,18H,9H2,1H3. The predicted molar refractivity (Wildman–Crippen MR) is 76.0 cm³/mol. The fourth-order valence-electron chi connectivity index (χ4n) is 1.66. The van der Waals surface area contributed by atoms with Gasteiger partial charge in [0.25, 0.3) is 0 Å². The lowest BCUT2D eigenvalue weighted by Gasteiger charge is -2.14. The van der Waals surface area contributed by atoms with Gasteiger partial charge in [0, 0.05) is 18.8 Å². The highest BCUT2D eigenvalue weighted by Crippen LogP contribution is 2.25. The van der Waals surface area contributed by atoms with Crippen LogP contribution in [-0.2, 0) is 6.54 Å². The van der Waals surface area contributed by atoms with Gasteiger partial charge in [-0.25, -0.2) is 0 Å². The molecule has 0 saturated heterocycles. The first-order chi connectivity index (χ1) is 8.66. The Bertz CT molecular complexity index is 514. The van der Waals surface area contributed by atoms with E-state index in [0.717, 1.165) is 17.8 Å². The molecule has 0 amide bonds. The van der Waals surface area contributed by atoms with Crippen molar-refractivity contribution in [2.24, 2.45) is 0 Å². The quantitative estimate of drug-likeness (QED) is 0.906. The summed E-state index contributed by atoms with van der Waals surface area (Å²) < 4.78 is 0. The molecule has 2 nitrogen and oxygen atoms in total. The molecule has 1 aromatic carbocycles. The summed E-state index contributed by atoms with van der Waals surface area (Å²) in [5, 5.41) is 4.56. The first kappa shape index (κ1) is 13.3. The minimum Gasteiger partial charge on any atom is -0.305 e. The molecule has 0 spiro atoms. The highest BCUT2D eigenvalue weighted by Gasteiger charge is 2.07. The van der Waals surface area contributed by atoms with Crippen LogP contribution in [0.1, 0.15) is 24.2 Å². The maximum Gasteiger partial charge on any atom is 0.0595 e. The van der Waals surface area contributed by atoms with Crippen molar-refractivity contribution >= 4 is 23.2 Å². The Morgan fingerprint density at radius 2 is 2.00 bits per heavy atom. The Labute approximate surface area is 117 Å². The number of nitrogens with one attached hydrogen (secondary N) is 1. The van der Waals surface area contributed by atoms with Crippen molar-refractivity contribution < 1.29 is 0 Å². The van der Waals surface area contributed by atoms with E-state index < -0.39 is 0 Å². The zero-order valence-corrected chi connectivity index (χ0v) is 11.5. The third-order valence-electron chi connectivity index (χ3n) is 2.76. The van der Waals surface area contributed by atoms with E-state index >= 15 is 0 Å². The van der Waals surface area contributed by atoms with Crippen molar-refractivity contribution in [3.8, 4) is 0 Å². The molecule has 0 aliphatic heterocycles. The average molecular weight is 281 g/mol. The lowest BCUT2D eigenvalue weighted by Crippen LogP contribution is -2.18. The van der Waals surface area contributed by atoms with Gasteiger partial charge in [-0.05, 0) is 36.8 Å². The minimum absolute atomic E-state index is 0.196. The first-order valence-electron chi connectivity index (χ1n) is 5.75. The number of benzene rings is 1. The van der Waals surface area contributed by atoms with E-state index in [1.54, 1.807) is 6.20 Å². The number of nitrogens with zero attached hydrogens (tertiary/aromatic N) is 1. The molecule has 1 aromatic heterocycles. The smallest absolute Gasteiger partial charge is 0.0595 e. The molecule has 1 heterocycles. The van der Waals surface area contributed by atoms with Crippen molar-refractivity contribution in [1.82, 2.24) is 10.3 Å². The van der Waals surface area contributed by atoms with Crippen LogP contribution >= 0.6 is 23.2 Å². The van der Waals surface area contributed by atoms with Gasteiger partial charge in [-0.2, -0.15) is 0 Å². The molecule has 0 aliphatic carbocycles. The van der Waals surface area contributed by atoms with Crippen molar-refractivity contribution in [2.75, 3.05) is 0 Å². The van der Waals surface area contributed by atoms with E-state index in [9.17, 15) is 0 Å². The molecule has 0 saturated carbocycles. The summed E-state index contributed by atoms with van der Waals surface area (Å²) in [5.74, 6) is 0. The zero-order chi connectivity index (χ0) is 13.0. The maximum absolute atomic E-state index is 6.00. The Morgan fingerprint density at radius 1 is 1.17 bits per heavy atom. The summed E-state index contributed by atoms with van der Waals surface area (Å²) in [7, 11) is 0. The third-order valence-corrected chi connectivity index (χ3v) is 3.50. The van der Waals surface area contributed by atoms with Crippen molar-refractivity contribution in [3.63, 3.8) is 0 Å². The average Bonchev–Trinajstić information content (AvgIpc) is 2.40. The summed E-state index contributed by atoms with van der Waals surface area (Å²) in [6.07, 6.45) is 1.79. The molecule has 0 fully saturated rings. The summed E-state index contributed by atoms with van der Waals surface area (Å²) in [5.41, 5.74) is 2.13. The summed E-state index contributed by atoms with van der Waals surface area (Å²) in [6, 6.07) is 11.8.